The Morgan fingerprint density at radius 1 is 1.29 bits per heavy atom. The van der Waals surface area contributed by atoms with Gasteiger partial charge in [-0.25, -0.2) is 0 Å². The van der Waals surface area contributed by atoms with E-state index in [9.17, 15) is 0 Å². The highest BCUT2D eigenvalue weighted by molar-refractivity contribution is 5.27. The third-order valence-corrected chi connectivity index (χ3v) is 2.40. The molecule has 0 unspecified atom stereocenters. The Kier molecular flexibility index (Phi) is 6.93. The molecular formula is C15H21NO. The lowest BCUT2D eigenvalue weighted by molar-refractivity contribution is 0.317. The SMILES string of the molecule is C#CCCCNCc1ccc(OCCC)cc1. The minimum absolute atomic E-state index is 0.781. The van der Waals surface area contributed by atoms with Crippen molar-refractivity contribution in [3.63, 3.8) is 0 Å². The normalized spacial score (nSPS) is 9.88. The van der Waals surface area contributed by atoms with Crippen LogP contribution >= 0.6 is 0 Å². The summed E-state index contributed by atoms with van der Waals surface area (Å²) in [5, 5.41) is 3.36. The van der Waals surface area contributed by atoms with Crippen LogP contribution in [0, 0.1) is 12.3 Å². The molecular weight excluding hydrogens is 210 g/mol. The Morgan fingerprint density at radius 3 is 2.71 bits per heavy atom. The lowest BCUT2D eigenvalue weighted by Gasteiger charge is -2.06. The number of hydrogen-bond acceptors (Lipinski definition) is 2. The highest BCUT2D eigenvalue weighted by Crippen LogP contribution is 2.12. The van der Waals surface area contributed by atoms with Gasteiger partial charge in [0.2, 0.25) is 0 Å². The molecule has 0 aliphatic rings. The maximum absolute atomic E-state index is 5.53. The van der Waals surface area contributed by atoms with E-state index in [1.165, 1.54) is 5.56 Å². The van der Waals surface area contributed by atoms with Crippen LogP contribution in [0.15, 0.2) is 24.3 Å². The van der Waals surface area contributed by atoms with Crippen molar-refractivity contribution in [2.24, 2.45) is 0 Å². The molecule has 0 saturated heterocycles. The summed E-state index contributed by atoms with van der Waals surface area (Å²) in [5.74, 6) is 3.58. The van der Waals surface area contributed by atoms with Gasteiger partial charge in [-0.1, -0.05) is 19.1 Å². The van der Waals surface area contributed by atoms with E-state index in [2.05, 4.69) is 30.3 Å². The monoisotopic (exact) mass is 231 g/mol. The number of ether oxygens (including phenoxy) is 1. The lowest BCUT2D eigenvalue weighted by Crippen LogP contribution is -2.14. The molecule has 0 radical (unpaired) electrons. The van der Waals surface area contributed by atoms with Crippen LogP contribution < -0.4 is 10.1 Å². The Bertz CT molecular complexity index is 337. The predicted octanol–water partition coefficient (Wildman–Crippen LogP) is 2.98. The first-order valence-corrected chi connectivity index (χ1v) is 6.22. The maximum atomic E-state index is 5.53. The van der Waals surface area contributed by atoms with Gasteiger partial charge in [-0.05, 0) is 37.1 Å². The summed E-state index contributed by atoms with van der Waals surface area (Å²) in [6.45, 7) is 4.75. The van der Waals surface area contributed by atoms with E-state index in [0.29, 0.717) is 0 Å². The average molecular weight is 231 g/mol. The zero-order chi connectivity index (χ0) is 12.3. The molecule has 0 bridgehead atoms. The predicted molar refractivity (Wildman–Crippen MR) is 72.0 cm³/mol. The van der Waals surface area contributed by atoms with Crippen LogP contribution in [0.5, 0.6) is 5.75 Å². The fraction of sp³-hybridized carbons (Fsp3) is 0.467. The Morgan fingerprint density at radius 2 is 2.06 bits per heavy atom. The van der Waals surface area contributed by atoms with E-state index in [1.807, 2.05) is 12.1 Å². The largest absolute Gasteiger partial charge is 0.494 e. The molecule has 2 nitrogen and oxygen atoms in total. The van der Waals surface area contributed by atoms with Gasteiger partial charge in [0.05, 0.1) is 6.61 Å². The molecule has 0 saturated carbocycles. The van der Waals surface area contributed by atoms with E-state index < -0.39 is 0 Å². The van der Waals surface area contributed by atoms with Gasteiger partial charge in [-0.15, -0.1) is 12.3 Å². The molecule has 0 heterocycles. The molecule has 0 spiro atoms. The van der Waals surface area contributed by atoms with Crippen molar-refractivity contribution >= 4 is 0 Å². The van der Waals surface area contributed by atoms with Crippen molar-refractivity contribution in [2.75, 3.05) is 13.2 Å². The smallest absolute Gasteiger partial charge is 0.119 e. The number of unbranched alkanes of at least 4 members (excludes halogenated alkanes) is 1. The maximum Gasteiger partial charge on any atom is 0.119 e. The van der Waals surface area contributed by atoms with Crippen LogP contribution in [0.25, 0.3) is 0 Å². The number of terminal acetylenes is 1. The van der Waals surface area contributed by atoms with Crippen LogP contribution in [0.4, 0.5) is 0 Å². The van der Waals surface area contributed by atoms with Gasteiger partial charge in [0.25, 0.3) is 0 Å². The molecule has 92 valence electrons. The van der Waals surface area contributed by atoms with E-state index in [0.717, 1.165) is 44.7 Å². The lowest BCUT2D eigenvalue weighted by atomic mass is 10.2. The summed E-state index contributed by atoms with van der Waals surface area (Å²) < 4.78 is 5.53. The summed E-state index contributed by atoms with van der Waals surface area (Å²) >= 11 is 0. The minimum atomic E-state index is 0.781. The van der Waals surface area contributed by atoms with Crippen molar-refractivity contribution < 1.29 is 4.74 Å². The van der Waals surface area contributed by atoms with Crippen molar-refractivity contribution in [1.29, 1.82) is 0 Å². The number of hydrogen-bond donors (Lipinski definition) is 1. The van der Waals surface area contributed by atoms with E-state index in [4.69, 9.17) is 11.2 Å². The van der Waals surface area contributed by atoms with Gasteiger partial charge in [0.15, 0.2) is 0 Å². The van der Waals surface area contributed by atoms with Crippen molar-refractivity contribution in [2.45, 2.75) is 32.7 Å². The van der Waals surface area contributed by atoms with E-state index in [-0.39, 0.29) is 0 Å². The highest BCUT2D eigenvalue weighted by atomic mass is 16.5. The molecule has 17 heavy (non-hydrogen) atoms. The first-order chi connectivity index (χ1) is 8.36. The molecule has 1 rings (SSSR count). The number of rotatable bonds is 8. The Hall–Kier alpha value is -1.46. The molecule has 0 aliphatic heterocycles. The van der Waals surface area contributed by atoms with Crippen LogP contribution in [-0.2, 0) is 6.54 Å². The molecule has 1 aromatic rings. The zero-order valence-electron chi connectivity index (χ0n) is 10.5. The second kappa shape index (κ2) is 8.66. The minimum Gasteiger partial charge on any atom is -0.494 e. The summed E-state index contributed by atoms with van der Waals surface area (Å²) in [4.78, 5) is 0. The zero-order valence-corrected chi connectivity index (χ0v) is 10.5. The van der Waals surface area contributed by atoms with Gasteiger partial charge < -0.3 is 10.1 Å². The van der Waals surface area contributed by atoms with Crippen molar-refractivity contribution in [3.05, 3.63) is 29.8 Å². The van der Waals surface area contributed by atoms with Gasteiger partial charge in [-0.2, -0.15) is 0 Å². The summed E-state index contributed by atoms with van der Waals surface area (Å²) in [6.07, 6.45) is 8.11. The number of nitrogens with one attached hydrogen (secondary N) is 1. The van der Waals surface area contributed by atoms with Crippen LogP contribution in [0.2, 0.25) is 0 Å². The Labute approximate surface area is 104 Å². The van der Waals surface area contributed by atoms with Gasteiger partial charge >= 0.3 is 0 Å². The van der Waals surface area contributed by atoms with Gasteiger partial charge in [0, 0.05) is 13.0 Å². The molecule has 0 atom stereocenters. The molecule has 0 amide bonds. The first kappa shape index (κ1) is 13.6. The Balaban J connectivity index is 2.23. The molecule has 0 aliphatic carbocycles. The quantitative estimate of drug-likeness (QED) is 0.548. The standard InChI is InChI=1S/C15H21NO/c1-3-5-6-11-16-13-14-7-9-15(10-8-14)17-12-4-2/h1,7-10,16H,4-6,11-13H2,2H3. The summed E-state index contributed by atoms with van der Waals surface area (Å²) in [7, 11) is 0. The first-order valence-electron chi connectivity index (χ1n) is 6.22. The van der Waals surface area contributed by atoms with E-state index in [1.54, 1.807) is 0 Å². The van der Waals surface area contributed by atoms with Crippen LogP contribution in [0.1, 0.15) is 31.7 Å². The highest BCUT2D eigenvalue weighted by Gasteiger charge is 1.95. The fourth-order valence-corrected chi connectivity index (χ4v) is 1.47. The second-order valence-electron chi connectivity index (χ2n) is 3.98. The topological polar surface area (TPSA) is 21.3 Å². The van der Waals surface area contributed by atoms with Crippen LogP contribution in [-0.4, -0.2) is 13.2 Å². The average Bonchev–Trinajstić information content (AvgIpc) is 2.37. The third-order valence-electron chi connectivity index (χ3n) is 2.40. The molecule has 0 aromatic heterocycles. The van der Waals surface area contributed by atoms with E-state index >= 15 is 0 Å². The van der Waals surface area contributed by atoms with Crippen molar-refractivity contribution in [3.8, 4) is 18.1 Å². The molecule has 1 aromatic carbocycles. The third kappa shape index (κ3) is 5.99. The summed E-state index contributed by atoms with van der Waals surface area (Å²) in [6, 6.07) is 8.24. The van der Waals surface area contributed by atoms with Gasteiger partial charge in [-0.3, -0.25) is 0 Å². The number of benzene rings is 1. The van der Waals surface area contributed by atoms with Gasteiger partial charge in [0.1, 0.15) is 5.75 Å². The van der Waals surface area contributed by atoms with Crippen molar-refractivity contribution in [1.82, 2.24) is 5.32 Å². The molecule has 2 heteroatoms. The fourth-order valence-electron chi connectivity index (χ4n) is 1.47. The molecule has 0 fully saturated rings. The second-order valence-corrected chi connectivity index (χ2v) is 3.98. The molecule has 1 N–H and O–H groups in total. The summed E-state index contributed by atoms with van der Waals surface area (Å²) in [5.41, 5.74) is 1.27. The van der Waals surface area contributed by atoms with Crippen LogP contribution in [0.3, 0.4) is 0 Å².